The average molecular weight is 328 g/mol. The van der Waals surface area contributed by atoms with Crippen LogP contribution in [0.5, 0.6) is 5.75 Å². The van der Waals surface area contributed by atoms with E-state index >= 15 is 0 Å². The number of ether oxygens (including phenoxy) is 1. The van der Waals surface area contributed by atoms with Crippen LogP contribution >= 0.6 is 11.6 Å². The van der Waals surface area contributed by atoms with Gasteiger partial charge in [0.2, 0.25) is 0 Å². The molecule has 2 aromatic carbocycles. The summed E-state index contributed by atoms with van der Waals surface area (Å²) in [7, 11) is 0. The molecule has 2 aromatic rings. The molecule has 1 aliphatic heterocycles. The average Bonchev–Trinajstić information content (AvgIpc) is 2.54. The summed E-state index contributed by atoms with van der Waals surface area (Å²) in [5, 5.41) is 9.64. The molecule has 1 aliphatic rings. The second-order valence-electron chi connectivity index (χ2n) is 5.25. The Morgan fingerprint density at radius 3 is 2.70 bits per heavy atom. The monoisotopic (exact) mass is 327 g/mol. The SMILES string of the molecule is N#CCN1C(=O)C(Cc2ccc(Cl)cc2)Oc2ccc(N)cc21. The lowest BCUT2D eigenvalue weighted by Gasteiger charge is -2.33. The molecule has 0 aromatic heterocycles. The zero-order valence-corrected chi connectivity index (χ0v) is 13.0. The van der Waals surface area contributed by atoms with E-state index in [-0.39, 0.29) is 12.5 Å². The van der Waals surface area contributed by atoms with Gasteiger partial charge in [-0.05, 0) is 35.9 Å². The number of carbonyl (C=O) groups is 1. The van der Waals surface area contributed by atoms with E-state index in [4.69, 9.17) is 27.3 Å². The highest BCUT2D eigenvalue weighted by Crippen LogP contribution is 2.36. The van der Waals surface area contributed by atoms with Gasteiger partial charge in [0.1, 0.15) is 12.3 Å². The molecule has 0 aliphatic carbocycles. The summed E-state index contributed by atoms with van der Waals surface area (Å²) in [6, 6.07) is 14.3. The van der Waals surface area contributed by atoms with E-state index < -0.39 is 6.10 Å². The molecule has 116 valence electrons. The summed E-state index contributed by atoms with van der Waals surface area (Å²) in [6.07, 6.45) is -0.275. The number of fused-ring (bicyclic) bond motifs is 1. The largest absolute Gasteiger partial charge is 0.478 e. The number of halogens is 1. The number of nitrogen functional groups attached to an aromatic ring is 1. The first-order valence-corrected chi connectivity index (χ1v) is 7.45. The molecular weight excluding hydrogens is 314 g/mol. The Morgan fingerprint density at radius 2 is 2.00 bits per heavy atom. The van der Waals surface area contributed by atoms with Crippen molar-refractivity contribution in [1.82, 2.24) is 0 Å². The van der Waals surface area contributed by atoms with E-state index in [1.54, 1.807) is 30.3 Å². The molecule has 0 spiro atoms. The van der Waals surface area contributed by atoms with Crippen molar-refractivity contribution in [3.63, 3.8) is 0 Å². The van der Waals surface area contributed by atoms with E-state index in [2.05, 4.69) is 0 Å². The van der Waals surface area contributed by atoms with Crippen molar-refractivity contribution in [3.8, 4) is 11.8 Å². The van der Waals surface area contributed by atoms with Crippen molar-refractivity contribution >= 4 is 28.9 Å². The van der Waals surface area contributed by atoms with E-state index in [0.717, 1.165) is 5.56 Å². The number of rotatable bonds is 3. The zero-order valence-electron chi connectivity index (χ0n) is 12.2. The molecule has 0 fully saturated rings. The minimum atomic E-state index is -0.680. The summed E-state index contributed by atoms with van der Waals surface area (Å²) in [5.74, 6) is 0.299. The van der Waals surface area contributed by atoms with Crippen LogP contribution in [0, 0.1) is 11.3 Å². The van der Waals surface area contributed by atoms with E-state index in [9.17, 15) is 4.79 Å². The lowest BCUT2D eigenvalue weighted by atomic mass is 10.0. The Labute approximate surface area is 138 Å². The normalized spacial score (nSPS) is 16.4. The number of nitrogens with two attached hydrogens (primary N) is 1. The Morgan fingerprint density at radius 1 is 1.26 bits per heavy atom. The number of anilines is 2. The molecule has 23 heavy (non-hydrogen) atoms. The van der Waals surface area contributed by atoms with Gasteiger partial charge < -0.3 is 10.5 Å². The standard InChI is InChI=1S/C17H14ClN3O2/c18-12-3-1-11(2-4-12)9-16-17(22)21(8-7-19)14-10-13(20)5-6-15(14)23-16/h1-6,10,16H,8-9,20H2. The number of amides is 1. The van der Waals surface area contributed by atoms with Crippen molar-refractivity contribution in [3.05, 3.63) is 53.1 Å². The minimum Gasteiger partial charge on any atom is -0.478 e. The minimum absolute atomic E-state index is 0.0459. The van der Waals surface area contributed by atoms with Gasteiger partial charge >= 0.3 is 0 Å². The molecule has 3 rings (SSSR count). The smallest absolute Gasteiger partial charge is 0.269 e. The number of benzene rings is 2. The molecule has 1 unspecified atom stereocenters. The third kappa shape index (κ3) is 3.08. The maximum atomic E-state index is 12.6. The Kier molecular flexibility index (Phi) is 4.09. The van der Waals surface area contributed by atoms with Gasteiger partial charge in [-0.15, -0.1) is 0 Å². The first-order valence-electron chi connectivity index (χ1n) is 7.07. The van der Waals surface area contributed by atoms with Crippen LogP contribution in [-0.2, 0) is 11.2 Å². The molecule has 0 radical (unpaired) electrons. The summed E-state index contributed by atoms with van der Waals surface area (Å²) < 4.78 is 5.82. The molecule has 0 saturated heterocycles. The molecule has 6 heteroatoms. The number of nitriles is 1. The van der Waals surface area contributed by atoms with Gasteiger partial charge in [-0.25, -0.2) is 0 Å². The number of carbonyl (C=O) groups excluding carboxylic acids is 1. The number of nitrogens with zero attached hydrogens (tertiary/aromatic N) is 2. The zero-order chi connectivity index (χ0) is 16.4. The first kappa shape index (κ1) is 15.2. The second kappa shape index (κ2) is 6.19. The second-order valence-corrected chi connectivity index (χ2v) is 5.68. The summed E-state index contributed by atoms with van der Waals surface area (Å²) in [4.78, 5) is 14.1. The van der Waals surface area contributed by atoms with Crippen molar-refractivity contribution in [2.75, 3.05) is 17.2 Å². The molecule has 1 amide bonds. The summed E-state index contributed by atoms with van der Waals surface area (Å²) >= 11 is 5.87. The predicted octanol–water partition coefficient (Wildman–Crippen LogP) is 2.78. The molecule has 0 saturated carbocycles. The van der Waals surface area contributed by atoms with Crippen LogP contribution in [0.3, 0.4) is 0 Å². The van der Waals surface area contributed by atoms with Crippen molar-refractivity contribution < 1.29 is 9.53 Å². The van der Waals surface area contributed by atoms with Gasteiger partial charge in [0.05, 0.1) is 11.8 Å². The summed E-state index contributed by atoms with van der Waals surface area (Å²) in [5.41, 5.74) is 7.75. The van der Waals surface area contributed by atoms with Crippen LogP contribution in [0.25, 0.3) is 0 Å². The van der Waals surface area contributed by atoms with Gasteiger partial charge in [-0.2, -0.15) is 5.26 Å². The third-order valence-electron chi connectivity index (χ3n) is 3.65. The fourth-order valence-corrected chi connectivity index (χ4v) is 2.66. The Hall–Kier alpha value is -2.71. The number of hydrogen-bond acceptors (Lipinski definition) is 4. The third-order valence-corrected chi connectivity index (χ3v) is 3.90. The van der Waals surface area contributed by atoms with Crippen LogP contribution in [0.2, 0.25) is 5.02 Å². The van der Waals surface area contributed by atoms with Crippen LogP contribution in [0.1, 0.15) is 5.56 Å². The predicted molar refractivity (Wildman–Crippen MR) is 88.4 cm³/mol. The first-order chi connectivity index (χ1) is 11.1. The van der Waals surface area contributed by atoms with Gasteiger partial charge in [0.25, 0.3) is 5.91 Å². The van der Waals surface area contributed by atoms with Crippen LogP contribution < -0.4 is 15.4 Å². The van der Waals surface area contributed by atoms with Crippen molar-refractivity contribution in [2.45, 2.75) is 12.5 Å². The Bertz CT molecular complexity index is 783. The van der Waals surface area contributed by atoms with E-state index in [0.29, 0.717) is 28.6 Å². The van der Waals surface area contributed by atoms with E-state index in [1.165, 1.54) is 4.90 Å². The van der Waals surface area contributed by atoms with Gasteiger partial charge in [-0.3, -0.25) is 9.69 Å². The highest BCUT2D eigenvalue weighted by molar-refractivity contribution is 6.30. The van der Waals surface area contributed by atoms with Gasteiger partial charge in [0, 0.05) is 17.1 Å². The van der Waals surface area contributed by atoms with Crippen LogP contribution in [-0.4, -0.2) is 18.6 Å². The topological polar surface area (TPSA) is 79.3 Å². The van der Waals surface area contributed by atoms with E-state index in [1.807, 2.05) is 18.2 Å². The van der Waals surface area contributed by atoms with Crippen LogP contribution in [0.4, 0.5) is 11.4 Å². The van der Waals surface area contributed by atoms with Gasteiger partial charge in [-0.1, -0.05) is 23.7 Å². The maximum Gasteiger partial charge on any atom is 0.269 e. The highest BCUT2D eigenvalue weighted by Gasteiger charge is 2.34. The molecule has 1 heterocycles. The Balaban J connectivity index is 1.91. The quantitative estimate of drug-likeness (QED) is 0.694. The fraction of sp³-hybridized carbons (Fsp3) is 0.176. The van der Waals surface area contributed by atoms with Crippen molar-refractivity contribution in [2.24, 2.45) is 0 Å². The van der Waals surface area contributed by atoms with Gasteiger partial charge in [0.15, 0.2) is 6.10 Å². The lowest BCUT2D eigenvalue weighted by molar-refractivity contribution is -0.126. The number of hydrogen-bond donors (Lipinski definition) is 1. The fourth-order valence-electron chi connectivity index (χ4n) is 2.54. The van der Waals surface area contributed by atoms with Crippen LogP contribution in [0.15, 0.2) is 42.5 Å². The molecule has 0 bridgehead atoms. The highest BCUT2D eigenvalue weighted by atomic mass is 35.5. The van der Waals surface area contributed by atoms with Crippen molar-refractivity contribution in [1.29, 1.82) is 5.26 Å². The maximum absolute atomic E-state index is 12.6. The molecule has 1 atom stereocenters. The molecule has 2 N–H and O–H groups in total. The molecule has 5 nitrogen and oxygen atoms in total. The lowest BCUT2D eigenvalue weighted by Crippen LogP contribution is -2.47. The summed E-state index contributed by atoms with van der Waals surface area (Å²) in [6.45, 7) is -0.0459. The molecular formula is C17H14ClN3O2.